The SMILES string of the molecule is CCCn1c(=NC(=O)CS(=O)(=O)c2ccc(Cl)cc2)sc2cc(F)ccc21. The molecule has 3 aromatic rings. The van der Waals surface area contributed by atoms with Gasteiger partial charge in [0.1, 0.15) is 11.6 Å². The zero-order valence-electron chi connectivity index (χ0n) is 14.4. The summed E-state index contributed by atoms with van der Waals surface area (Å²) in [6.45, 7) is 2.55. The number of hydrogen-bond acceptors (Lipinski definition) is 4. The lowest BCUT2D eigenvalue weighted by molar-refractivity contribution is -0.115. The van der Waals surface area contributed by atoms with Gasteiger partial charge in [0.05, 0.1) is 15.1 Å². The summed E-state index contributed by atoms with van der Waals surface area (Å²) in [5, 5.41) is 0.406. The third kappa shape index (κ3) is 4.45. The van der Waals surface area contributed by atoms with Crippen LogP contribution in [0, 0.1) is 5.82 Å². The number of hydrogen-bond donors (Lipinski definition) is 0. The highest BCUT2D eigenvalue weighted by atomic mass is 35.5. The number of amides is 1. The highest BCUT2D eigenvalue weighted by molar-refractivity contribution is 7.92. The van der Waals surface area contributed by atoms with Crippen LogP contribution in [0.15, 0.2) is 52.4 Å². The number of rotatable bonds is 5. The van der Waals surface area contributed by atoms with Gasteiger partial charge >= 0.3 is 0 Å². The maximum absolute atomic E-state index is 13.5. The van der Waals surface area contributed by atoms with Crippen molar-refractivity contribution in [1.82, 2.24) is 4.57 Å². The molecule has 0 aliphatic heterocycles. The van der Waals surface area contributed by atoms with Gasteiger partial charge in [-0.05, 0) is 48.9 Å². The molecule has 0 atom stereocenters. The standard InChI is InChI=1S/C18H16ClFN2O3S2/c1-2-9-22-15-8-5-13(20)10-16(15)26-18(22)21-17(23)11-27(24,25)14-6-3-12(19)4-7-14/h3-8,10H,2,9,11H2,1H3. The molecule has 0 N–H and O–H groups in total. The van der Waals surface area contributed by atoms with Crippen molar-refractivity contribution in [2.24, 2.45) is 4.99 Å². The Morgan fingerprint density at radius 3 is 2.59 bits per heavy atom. The van der Waals surface area contributed by atoms with Crippen LogP contribution in [0.3, 0.4) is 0 Å². The molecule has 1 heterocycles. The minimum absolute atomic E-state index is 0.00953. The zero-order chi connectivity index (χ0) is 19.6. The molecular formula is C18H16ClFN2O3S2. The number of thiazole rings is 1. The number of carbonyl (C=O) groups is 1. The second-order valence-corrected chi connectivity index (χ2v) is 9.30. The molecule has 1 amide bonds. The number of fused-ring (bicyclic) bond motifs is 1. The first-order valence-electron chi connectivity index (χ1n) is 8.15. The van der Waals surface area contributed by atoms with E-state index in [0.717, 1.165) is 23.3 Å². The molecule has 0 aliphatic rings. The van der Waals surface area contributed by atoms with E-state index in [0.29, 0.717) is 21.1 Å². The van der Waals surface area contributed by atoms with Gasteiger partial charge in [0.15, 0.2) is 14.6 Å². The van der Waals surface area contributed by atoms with E-state index in [4.69, 9.17) is 11.6 Å². The van der Waals surface area contributed by atoms with Crippen molar-refractivity contribution in [2.45, 2.75) is 24.8 Å². The second kappa shape index (κ2) is 7.92. The highest BCUT2D eigenvalue weighted by Gasteiger charge is 2.19. The predicted octanol–water partition coefficient (Wildman–Crippen LogP) is 3.81. The van der Waals surface area contributed by atoms with Gasteiger partial charge < -0.3 is 4.57 Å². The topological polar surface area (TPSA) is 68.5 Å². The van der Waals surface area contributed by atoms with Crippen molar-refractivity contribution < 1.29 is 17.6 Å². The number of carbonyl (C=O) groups excluding carboxylic acids is 1. The Bertz CT molecular complexity index is 1170. The van der Waals surface area contributed by atoms with E-state index in [-0.39, 0.29) is 10.7 Å². The first-order valence-corrected chi connectivity index (χ1v) is 11.0. The minimum atomic E-state index is -3.82. The van der Waals surface area contributed by atoms with Crippen LogP contribution < -0.4 is 4.80 Å². The van der Waals surface area contributed by atoms with Gasteiger partial charge in [-0.15, -0.1) is 0 Å². The quantitative estimate of drug-likeness (QED) is 0.623. The number of nitrogens with zero attached hydrogens (tertiary/aromatic N) is 2. The van der Waals surface area contributed by atoms with Crippen molar-refractivity contribution in [3.63, 3.8) is 0 Å². The molecular weight excluding hydrogens is 411 g/mol. The van der Waals surface area contributed by atoms with Crippen molar-refractivity contribution in [2.75, 3.05) is 5.75 Å². The van der Waals surface area contributed by atoms with Crippen LogP contribution in [0.4, 0.5) is 4.39 Å². The summed E-state index contributed by atoms with van der Waals surface area (Å²) < 4.78 is 40.7. The Morgan fingerprint density at radius 2 is 1.93 bits per heavy atom. The van der Waals surface area contributed by atoms with Crippen molar-refractivity contribution in [3.05, 3.63) is 58.1 Å². The number of halogens is 2. The number of sulfone groups is 1. The lowest BCUT2D eigenvalue weighted by Crippen LogP contribution is -2.21. The van der Waals surface area contributed by atoms with Crippen molar-refractivity contribution >= 4 is 48.9 Å². The van der Waals surface area contributed by atoms with Crippen LogP contribution in [0.25, 0.3) is 10.2 Å². The Labute approximate surface area is 164 Å². The molecule has 2 aromatic carbocycles. The monoisotopic (exact) mass is 426 g/mol. The summed E-state index contributed by atoms with van der Waals surface area (Å²) in [5.74, 6) is -1.90. The van der Waals surface area contributed by atoms with Gasteiger partial charge in [0.2, 0.25) is 0 Å². The molecule has 0 spiro atoms. The molecule has 27 heavy (non-hydrogen) atoms. The summed E-state index contributed by atoms with van der Waals surface area (Å²) in [7, 11) is -3.82. The van der Waals surface area contributed by atoms with Crippen LogP contribution >= 0.6 is 22.9 Å². The number of benzene rings is 2. The van der Waals surface area contributed by atoms with Gasteiger partial charge in [-0.25, -0.2) is 12.8 Å². The van der Waals surface area contributed by atoms with E-state index < -0.39 is 21.5 Å². The molecule has 9 heteroatoms. The molecule has 0 unspecified atom stereocenters. The van der Waals surface area contributed by atoms with Crippen LogP contribution in [0.1, 0.15) is 13.3 Å². The molecule has 1 aromatic heterocycles. The maximum atomic E-state index is 13.5. The van der Waals surface area contributed by atoms with Crippen LogP contribution in [0.5, 0.6) is 0 Å². The minimum Gasteiger partial charge on any atom is -0.316 e. The van der Waals surface area contributed by atoms with Gasteiger partial charge in [0, 0.05) is 11.6 Å². The van der Waals surface area contributed by atoms with Crippen LogP contribution in [-0.2, 0) is 21.2 Å². The van der Waals surface area contributed by atoms with Gasteiger partial charge in [-0.3, -0.25) is 4.79 Å². The Hall–Kier alpha value is -2.03. The van der Waals surface area contributed by atoms with Crippen LogP contribution in [-0.4, -0.2) is 24.6 Å². The molecule has 142 valence electrons. The summed E-state index contributed by atoms with van der Waals surface area (Å²) in [5.41, 5.74) is 0.760. The Kier molecular flexibility index (Phi) is 5.78. The first-order chi connectivity index (χ1) is 12.8. The largest absolute Gasteiger partial charge is 0.316 e. The smallest absolute Gasteiger partial charge is 0.263 e. The average Bonchev–Trinajstić information content (AvgIpc) is 2.91. The van der Waals surface area contributed by atoms with Gasteiger partial charge in [-0.1, -0.05) is 29.9 Å². The fraction of sp³-hybridized carbons (Fsp3) is 0.222. The molecule has 0 aliphatic carbocycles. The van der Waals surface area contributed by atoms with Crippen molar-refractivity contribution in [1.29, 1.82) is 0 Å². The lowest BCUT2D eigenvalue weighted by atomic mass is 10.3. The highest BCUT2D eigenvalue weighted by Crippen LogP contribution is 2.19. The van der Waals surface area contributed by atoms with E-state index in [9.17, 15) is 17.6 Å². The van der Waals surface area contributed by atoms with Gasteiger partial charge in [-0.2, -0.15) is 4.99 Å². The Balaban J connectivity index is 1.97. The number of aromatic nitrogens is 1. The normalized spacial score (nSPS) is 12.6. The zero-order valence-corrected chi connectivity index (χ0v) is 16.7. The molecule has 0 bridgehead atoms. The van der Waals surface area contributed by atoms with E-state index in [1.165, 1.54) is 36.4 Å². The fourth-order valence-electron chi connectivity index (χ4n) is 2.60. The summed E-state index contributed by atoms with van der Waals surface area (Å²) in [6.07, 6.45) is 0.785. The van der Waals surface area contributed by atoms with Crippen molar-refractivity contribution in [3.8, 4) is 0 Å². The van der Waals surface area contributed by atoms with E-state index in [1.807, 2.05) is 6.92 Å². The van der Waals surface area contributed by atoms with E-state index in [2.05, 4.69) is 4.99 Å². The molecule has 3 rings (SSSR count). The second-order valence-electron chi connectivity index (χ2n) is 5.87. The average molecular weight is 427 g/mol. The molecule has 0 saturated carbocycles. The molecule has 0 saturated heterocycles. The lowest BCUT2D eigenvalue weighted by Gasteiger charge is -2.03. The van der Waals surface area contributed by atoms with E-state index in [1.54, 1.807) is 10.6 Å². The fourth-order valence-corrected chi connectivity index (χ4v) is 4.93. The molecule has 0 fully saturated rings. The number of aryl methyl sites for hydroxylation is 1. The third-order valence-electron chi connectivity index (χ3n) is 3.80. The summed E-state index contributed by atoms with van der Waals surface area (Å²) in [4.78, 5) is 16.7. The van der Waals surface area contributed by atoms with Gasteiger partial charge in [0.25, 0.3) is 5.91 Å². The maximum Gasteiger partial charge on any atom is 0.263 e. The van der Waals surface area contributed by atoms with E-state index >= 15 is 0 Å². The molecule has 5 nitrogen and oxygen atoms in total. The first kappa shape index (κ1) is 19.7. The third-order valence-corrected chi connectivity index (χ3v) is 6.71. The van der Waals surface area contributed by atoms with Crippen LogP contribution in [0.2, 0.25) is 5.02 Å². The molecule has 0 radical (unpaired) electrons. The summed E-state index contributed by atoms with van der Waals surface area (Å²) >= 11 is 6.92. The predicted molar refractivity (Wildman–Crippen MR) is 104 cm³/mol. The Morgan fingerprint density at radius 1 is 1.22 bits per heavy atom. The summed E-state index contributed by atoms with van der Waals surface area (Å²) in [6, 6.07) is 9.95.